The Hall–Kier alpha value is -2.31. The number of carbonyl (C=O) groups excluding carboxylic acids is 1. The van der Waals surface area contributed by atoms with Crippen molar-refractivity contribution in [2.24, 2.45) is 0 Å². The van der Waals surface area contributed by atoms with Gasteiger partial charge in [-0.05, 0) is 50.2 Å². The summed E-state index contributed by atoms with van der Waals surface area (Å²) >= 11 is 5.92. The highest BCUT2D eigenvalue weighted by Gasteiger charge is 2.23. The van der Waals surface area contributed by atoms with Crippen molar-refractivity contribution >= 4 is 29.0 Å². The van der Waals surface area contributed by atoms with Crippen molar-refractivity contribution in [1.29, 1.82) is 0 Å². The third-order valence-corrected chi connectivity index (χ3v) is 6.35. The minimum atomic E-state index is 0.106. The number of amides is 1. The maximum Gasteiger partial charge on any atom is 0.253 e. The fraction of sp³-hybridized carbons (Fsp3) is 0.478. The average molecular weight is 428 g/mol. The quantitative estimate of drug-likeness (QED) is 0.749. The zero-order chi connectivity index (χ0) is 21.1. The lowest BCUT2D eigenvalue weighted by molar-refractivity contribution is 0.0746. The third-order valence-electron chi connectivity index (χ3n) is 6.13. The molecule has 0 saturated carbocycles. The van der Waals surface area contributed by atoms with Crippen LogP contribution in [-0.4, -0.2) is 79.1 Å². The van der Waals surface area contributed by atoms with Gasteiger partial charge in [0.1, 0.15) is 5.82 Å². The lowest BCUT2D eigenvalue weighted by Crippen LogP contribution is -2.49. The maximum absolute atomic E-state index is 12.9. The number of hydrogen-bond acceptors (Lipinski definition) is 5. The van der Waals surface area contributed by atoms with E-state index >= 15 is 0 Å². The summed E-state index contributed by atoms with van der Waals surface area (Å²) in [6.45, 7) is 11.7. The van der Waals surface area contributed by atoms with Crippen molar-refractivity contribution in [3.05, 3.63) is 53.2 Å². The van der Waals surface area contributed by atoms with Gasteiger partial charge in [0.05, 0.1) is 5.02 Å². The highest BCUT2D eigenvalue weighted by atomic mass is 35.5. The summed E-state index contributed by atoms with van der Waals surface area (Å²) < 4.78 is 0. The molecule has 0 unspecified atom stereocenters. The number of nitrogens with zero attached hydrogens (tertiary/aromatic N) is 5. The molecular formula is C23H30ClN5O. The number of rotatable bonds is 4. The predicted molar refractivity (Wildman–Crippen MR) is 123 cm³/mol. The van der Waals surface area contributed by atoms with Crippen LogP contribution in [0.15, 0.2) is 42.6 Å². The molecule has 160 valence electrons. The first-order valence-electron chi connectivity index (χ1n) is 10.8. The smallest absolute Gasteiger partial charge is 0.253 e. The van der Waals surface area contributed by atoms with Crippen molar-refractivity contribution in [1.82, 2.24) is 14.8 Å². The highest BCUT2D eigenvalue weighted by molar-refractivity contribution is 6.30. The van der Waals surface area contributed by atoms with Gasteiger partial charge in [0.2, 0.25) is 0 Å². The van der Waals surface area contributed by atoms with Crippen LogP contribution in [0.4, 0.5) is 11.5 Å². The van der Waals surface area contributed by atoms with Crippen molar-refractivity contribution in [2.75, 3.05) is 62.2 Å². The lowest BCUT2D eigenvalue weighted by Gasteiger charge is -2.38. The Morgan fingerprint density at radius 2 is 1.50 bits per heavy atom. The molecular weight excluding hydrogens is 398 g/mol. The van der Waals surface area contributed by atoms with E-state index in [1.165, 1.54) is 5.69 Å². The molecule has 2 aliphatic rings. The van der Waals surface area contributed by atoms with E-state index in [4.69, 9.17) is 11.6 Å². The molecule has 0 radical (unpaired) electrons. The summed E-state index contributed by atoms with van der Waals surface area (Å²) in [5.41, 5.74) is 1.96. The summed E-state index contributed by atoms with van der Waals surface area (Å²) in [6.07, 6.45) is 1.67. The second kappa shape index (κ2) is 9.23. The maximum atomic E-state index is 12.9. The molecule has 2 aliphatic heterocycles. The second-order valence-electron chi connectivity index (χ2n) is 8.28. The topological polar surface area (TPSA) is 42.9 Å². The molecule has 2 aromatic rings. The van der Waals surface area contributed by atoms with E-state index in [-0.39, 0.29) is 5.91 Å². The standard InChI is InChI=1S/C23H30ClN5O/c1-18(2)26-9-11-27(12-10-26)21-6-3-19(4-7-21)23(30)29-15-13-28(14-16-29)22-8-5-20(24)17-25-22/h3-8,17-18H,9-16H2,1-2H3. The Bertz CT molecular complexity index is 839. The van der Waals surface area contributed by atoms with E-state index in [9.17, 15) is 4.79 Å². The van der Waals surface area contributed by atoms with Gasteiger partial charge in [0.25, 0.3) is 5.91 Å². The van der Waals surface area contributed by atoms with Gasteiger partial charge in [-0.15, -0.1) is 0 Å². The monoisotopic (exact) mass is 427 g/mol. The van der Waals surface area contributed by atoms with Crippen molar-refractivity contribution in [3.8, 4) is 0 Å². The van der Waals surface area contributed by atoms with Crippen LogP contribution in [0.2, 0.25) is 5.02 Å². The number of pyridine rings is 1. The molecule has 0 spiro atoms. The van der Waals surface area contributed by atoms with Crippen molar-refractivity contribution in [2.45, 2.75) is 19.9 Å². The van der Waals surface area contributed by atoms with E-state index in [0.717, 1.165) is 50.6 Å². The lowest BCUT2D eigenvalue weighted by atomic mass is 10.1. The fourth-order valence-electron chi connectivity index (χ4n) is 4.19. The molecule has 6 nitrogen and oxygen atoms in total. The summed E-state index contributed by atoms with van der Waals surface area (Å²) in [7, 11) is 0. The summed E-state index contributed by atoms with van der Waals surface area (Å²) in [5.74, 6) is 1.02. The Morgan fingerprint density at radius 3 is 2.07 bits per heavy atom. The molecule has 0 N–H and O–H groups in total. The first-order valence-corrected chi connectivity index (χ1v) is 11.1. The van der Waals surface area contributed by atoms with Gasteiger partial charge in [0, 0.05) is 75.8 Å². The molecule has 3 heterocycles. The summed E-state index contributed by atoms with van der Waals surface area (Å²) in [5, 5.41) is 0.637. The largest absolute Gasteiger partial charge is 0.369 e. The molecule has 0 atom stereocenters. The Morgan fingerprint density at radius 1 is 0.867 bits per heavy atom. The highest BCUT2D eigenvalue weighted by Crippen LogP contribution is 2.20. The number of piperazine rings is 2. The van der Waals surface area contributed by atoms with E-state index in [2.05, 4.69) is 45.7 Å². The predicted octanol–water partition coefficient (Wildman–Crippen LogP) is 3.23. The molecule has 1 aromatic heterocycles. The SMILES string of the molecule is CC(C)N1CCN(c2ccc(C(=O)N3CCN(c4ccc(Cl)cn4)CC3)cc2)CC1. The zero-order valence-electron chi connectivity index (χ0n) is 17.8. The first kappa shape index (κ1) is 20.9. The van der Waals surface area contributed by atoms with E-state index in [1.54, 1.807) is 6.20 Å². The molecule has 2 saturated heterocycles. The van der Waals surface area contributed by atoms with E-state index in [0.29, 0.717) is 24.2 Å². The molecule has 0 bridgehead atoms. The average Bonchev–Trinajstić information content (AvgIpc) is 2.79. The molecule has 4 rings (SSSR count). The number of benzene rings is 1. The van der Waals surface area contributed by atoms with Gasteiger partial charge in [-0.2, -0.15) is 0 Å². The van der Waals surface area contributed by atoms with Gasteiger partial charge in [0.15, 0.2) is 0 Å². The van der Waals surface area contributed by atoms with Gasteiger partial charge in [-0.1, -0.05) is 11.6 Å². The number of aromatic nitrogens is 1. The Balaban J connectivity index is 1.31. The van der Waals surface area contributed by atoms with Crippen LogP contribution in [0.25, 0.3) is 0 Å². The number of anilines is 2. The molecule has 2 fully saturated rings. The molecule has 1 amide bonds. The fourth-order valence-corrected chi connectivity index (χ4v) is 4.30. The minimum absolute atomic E-state index is 0.106. The van der Waals surface area contributed by atoms with Crippen molar-refractivity contribution in [3.63, 3.8) is 0 Å². The van der Waals surface area contributed by atoms with Gasteiger partial charge < -0.3 is 14.7 Å². The Labute approximate surface area is 184 Å². The van der Waals surface area contributed by atoms with Crippen LogP contribution in [0.1, 0.15) is 24.2 Å². The molecule has 0 aliphatic carbocycles. The minimum Gasteiger partial charge on any atom is -0.369 e. The van der Waals surface area contributed by atoms with Gasteiger partial charge in [-0.25, -0.2) is 4.98 Å². The van der Waals surface area contributed by atoms with Crippen LogP contribution < -0.4 is 9.80 Å². The molecule has 1 aromatic carbocycles. The normalized spacial score (nSPS) is 18.2. The van der Waals surface area contributed by atoms with Gasteiger partial charge >= 0.3 is 0 Å². The number of hydrogen-bond donors (Lipinski definition) is 0. The molecule has 30 heavy (non-hydrogen) atoms. The van der Waals surface area contributed by atoms with E-state index in [1.807, 2.05) is 29.2 Å². The van der Waals surface area contributed by atoms with Crippen LogP contribution in [0.3, 0.4) is 0 Å². The number of carbonyl (C=O) groups is 1. The van der Waals surface area contributed by atoms with Crippen molar-refractivity contribution < 1.29 is 4.79 Å². The molecule has 7 heteroatoms. The van der Waals surface area contributed by atoms with Crippen LogP contribution in [0.5, 0.6) is 0 Å². The number of halogens is 1. The van der Waals surface area contributed by atoms with Crippen LogP contribution in [-0.2, 0) is 0 Å². The van der Waals surface area contributed by atoms with Gasteiger partial charge in [-0.3, -0.25) is 9.69 Å². The third kappa shape index (κ3) is 4.71. The zero-order valence-corrected chi connectivity index (χ0v) is 18.6. The van der Waals surface area contributed by atoms with Crippen LogP contribution >= 0.6 is 11.6 Å². The second-order valence-corrected chi connectivity index (χ2v) is 8.71. The van der Waals surface area contributed by atoms with E-state index < -0.39 is 0 Å². The first-order chi connectivity index (χ1) is 14.5. The van der Waals surface area contributed by atoms with Crippen LogP contribution in [0, 0.1) is 0 Å². The Kier molecular flexibility index (Phi) is 6.44. The summed E-state index contributed by atoms with van der Waals surface area (Å²) in [6, 6.07) is 12.5. The summed E-state index contributed by atoms with van der Waals surface area (Å²) in [4.78, 5) is 26.4.